The lowest BCUT2D eigenvalue weighted by atomic mass is 9.93. The van der Waals surface area contributed by atoms with Crippen molar-refractivity contribution in [3.8, 4) is 0 Å². The second-order valence-electron chi connectivity index (χ2n) is 5.71. The van der Waals surface area contributed by atoms with Crippen molar-refractivity contribution < 1.29 is 14.4 Å². The van der Waals surface area contributed by atoms with E-state index in [1.165, 1.54) is 32.1 Å². The Kier molecular flexibility index (Phi) is 5.17. The zero-order chi connectivity index (χ0) is 14.5. The number of aliphatic carboxylic acids is 1. The molecular weight excluding hydrogens is 256 g/mol. The first-order valence-corrected chi connectivity index (χ1v) is 7.45. The van der Waals surface area contributed by atoms with Crippen LogP contribution in [0, 0.1) is 13.8 Å². The highest BCUT2D eigenvalue weighted by Gasteiger charge is 2.23. The Bertz CT molecular complexity index is 430. The van der Waals surface area contributed by atoms with Crippen molar-refractivity contribution in [3.63, 3.8) is 0 Å². The van der Waals surface area contributed by atoms with E-state index in [2.05, 4.69) is 10.1 Å². The Hall–Kier alpha value is -1.36. The molecule has 112 valence electrons. The average Bonchev–Trinajstić information content (AvgIpc) is 2.75. The Balaban J connectivity index is 2.06. The van der Waals surface area contributed by atoms with Gasteiger partial charge in [0, 0.05) is 24.7 Å². The SMILES string of the molecule is Cc1noc(C)c1CN(CCC(=O)O)C1CCCCC1. The third kappa shape index (κ3) is 3.82. The molecule has 0 radical (unpaired) electrons. The first kappa shape index (κ1) is 15.0. The van der Waals surface area contributed by atoms with Crippen molar-refractivity contribution in [1.29, 1.82) is 0 Å². The van der Waals surface area contributed by atoms with Crippen LogP contribution < -0.4 is 0 Å². The van der Waals surface area contributed by atoms with E-state index in [0.29, 0.717) is 12.6 Å². The molecule has 20 heavy (non-hydrogen) atoms. The monoisotopic (exact) mass is 280 g/mol. The van der Waals surface area contributed by atoms with Crippen molar-refractivity contribution in [1.82, 2.24) is 10.1 Å². The van der Waals surface area contributed by atoms with E-state index < -0.39 is 5.97 Å². The Morgan fingerprint density at radius 2 is 2.05 bits per heavy atom. The summed E-state index contributed by atoms with van der Waals surface area (Å²) in [6.45, 7) is 5.22. The summed E-state index contributed by atoms with van der Waals surface area (Å²) in [5.41, 5.74) is 2.03. The van der Waals surface area contributed by atoms with Gasteiger partial charge in [0.05, 0.1) is 12.1 Å². The molecule has 0 unspecified atom stereocenters. The summed E-state index contributed by atoms with van der Waals surface area (Å²) in [7, 11) is 0. The molecule has 0 amide bonds. The van der Waals surface area contributed by atoms with Gasteiger partial charge in [-0.05, 0) is 26.7 Å². The van der Waals surface area contributed by atoms with Crippen LogP contribution in [0.2, 0.25) is 0 Å². The van der Waals surface area contributed by atoms with E-state index in [4.69, 9.17) is 9.63 Å². The third-order valence-electron chi connectivity index (χ3n) is 4.25. The highest BCUT2D eigenvalue weighted by molar-refractivity contribution is 5.66. The van der Waals surface area contributed by atoms with Gasteiger partial charge in [0.15, 0.2) is 0 Å². The normalized spacial score (nSPS) is 16.8. The molecule has 1 aliphatic carbocycles. The number of hydrogen-bond acceptors (Lipinski definition) is 4. The zero-order valence-electron chi connectivity index (χ0n) is 12.4. The molecule has 5 nitrogen and oxygen atoms in total. The topological polar surface area (TPSA) is 66.6 Å². The van der Waals surface area contributed by atoms with E-state index in [-0.39, 0.29) is 6.42 Å². The molecule has 0 spiro atoms. The second-order valence-corrected chi connectivity index (χ2v) is 5.71. The second kappa shape index (κ2) is 6.88. The van der Waals surface area contributed by atoms with Gasteiger partial charge in [-0.25, -0.2) is 0 Å². The standard InChI is InChI=1S/C15H24N2O3/c1-11-14(12(2)20-16-11)10-17(9-8-15(18)19)13-6-4-3-5-7-13/h13H,3-10H2,1-2H3,(H,18,19). The smallest absolute Gasteiger partial charge is 0.304 e. The maximum absolute atomic E-state index is 10.9. The summed E-state index contributed by atoms with van der Waals surface area (Å²) in [5.74, 6) is 0.114. The number of carboxylic acid groups (broad SMARTS) is 1. The van der Waals surface area contributed by atoms with Crippen LogP contribution in [0.5, 0.6) is 0 Å². The lowest BCUT2D eigenvalue weighted by Gasteiger charge is -2.34. The fourth-order valence-electron chi connectivity index (χ4n) is 3.01. The molecular formula is C15H24N2O3. The van der Waals surface area contributed by atoms with Gasteiger partial charge >= 0.3 is 5.97 Å². The van der Waals surface area contributed by atoms with Crippen LogP contribution in [0.4, 0.5) is 0 Å². The molecule has 0 aliphatic heterocycles. The van der Waals surface area contributed by atoms with Gasteiger partial charge in [-0.3, -0.25) is 9.69 Å². The van der Waals surface area contributed by atoms with Crippen molar-refractivity contribution >= 4 is 5.97 Å². The van der Waals surface area contributed by atoms with Gasteiger partial charge < -0.3 is 9.63 Å². The Morgan fingerprint density at radius 1 is 1.35 bits per heavy atom. The average molecular weight is 280 g/mol. The number of carbonyl (C=O) groups is 1. The van der Waals surface area contributed by atoms with Gasteiger partial charge in [-0.15, -0.1) is 0 Å². The van der Waals surface area contributed by atoms with Crippen LogP contribution >= 0.6 is 0 Å². The van der Waals surface area contributed by atoms with E-state index in [0.717, 1.165) is 23.6 Å². The molecule has 1 saturated carbocycles. The molecule has 2 rings (SSSR count). The van der Waals surface area contributed by atoms with E-state index in [1.807, 2.05) is 13.8 Å². The van der Waals surface area contributed by atoms with Crippen molar-refractivity contribution in [2.45, 2.75) is 65.0 Å². The number of aromatic nitrogens is 1. The fourth-order valence-corrected chi connectivity index (χ4v) is 3.01. The first-order valence-electron chi connectivity index (χ1n) is 7.45. The maximum Gasteiger partial charge on any atom is 0.304 e. The van der Waals surface area contributed by atoms with Gasteiger partial charge in [0.2, 0.25) is 0 Å². The van der Waals surface area contributed by atoms with E-state index in [1.54, 1.807) is 0 Å². The summed E-state index contributed by atoms with van der Waals surface area (Å²) in [4.78, 5) is 13.2. The number of aryl methyl sites for hydroxylation is 2. The minimum absolute atomic E-state index is 0.194. The molecule has 5 heteroatoms. The Morgan fingerprint density at radius 3 is 2.60 bits per heavy atom. The predicted octanol–water partition coefficient (Wildman–Crippen LogP) is 2.90. The molecule has 1 fully saturated rings. The van der Waals surface area contributed by atoms with Crippen LogP contribution in [-0.2, 0) is 11.3 Å². The molecule has 1 aliphatic rings. The van der Waals surface area contributed by atoms with Gasteiger partial charge in [0.1, 0.15) is 5.76 Å². The first-order chi connectivity index (χ1) is 9.58. The minimum atomic E-state index is -0.732. The summed E-state index contributed by atoms with van der Waals surface area (Å²) in [5, 5.41) is 12.9. The molecule has 0 aromatic carbocycles. The third-order valence-corrected chi connectivity index (χ3v) is 4.25. The lowest BCUT2D eigenvalue weighted by molar-refractivity contribution is -0.137. The molecule has 1 heterocycles. The minimum Gasteiger partial charge on any atom is -0.481 e. The molecule has 0 atom stereocenters. The predicted molar refractivity (Wildman–Crippen MR) is 75.5 cm³/mol. The Labute approximate surface area is 119 Å². The zero-order valence-corrected chi connectivity index (χ0v) is 12.4. The fraction of sp³-hybridized carbons (Fsp3) is 0.733. The van der Waals surface area contributed by atoms with Gasteiger partial charge in [-0.1, -0.05) is 24.4 Å². The van der Waals surface area contributed by atoms with Crippen LogP contribution in [0.1, 0.15) is 55.5 Å². The number of hydrogen-bond donors (Lipinski definition) is 1. The summed E-state index contributed by atoms with van der Waals surface area (Å²) in [6.07, 6.45) is 6.33. The van der Waals surface area contributed by atoms with Crippen molar-refractivity contribution in [2.24, 2.45) is 0 Å². The summed E-state index contributed by atoms with van der Waals surface area (Å²) >= 11 is 0. The largest absolute Gasteiger partial charge is 0.481 e. The maximum atomic E-state index is 10.9. The van der Waals surface area contributed by atoms with Crippen molar-refractivity contribution in [3.05, 3.63) is 17.0 Å². The van der Waals surface area contributed by atoms with Crippen LogP contribution in [0.25, 0.3) is 0 Å². The quantitative estimate of drug-likeness (QED) is 0.868. The molecule has 1 aromatic heterocycles. The number of carboxylic acids is 1. The molecule has 1 N–H and O–H groups in total. The van der Waals surface area contributed by atoms with Crippen LogP contribution in [-0.4, -0.2) is 33.7 Å². The van der Waals surface area contributed by atoms with E-state index in [9.17, 15) is 4.79 Å². The summed E-state index contributed by atoms with van der Waals surface area (Å²) < 4.78 is 5.22. The van der Waals surface area contributed by atoms with E-state index >= 15 is 0 Å². The lowest BCUT2D eigenvalue weighted by Crippen LogP contribution is -2.38. The van der Waals surface area contributed by atoms with Crippen LogP contribution in [0.3, 0.4) is 0 Å². The summed E-state index contributed by atoms with van der Waals surface area (Å²) in [6, 6.07) is 0.497. The highest BCUT2D eigenvalue weighted by atomic mass is 16.5. The number of rotatable bonds is 6. The number of nitrogens with zero attached hydrogens (tertiary/aromatic N) is 2. The molecule has 0 bridgehead atoms. The molecule has 0 saturated heterocycles. The van der Waals surface area contributed by atoms with Crippen LogP contribution in [0.15, 0.2) is 4.52 Å². The van der Waals surface area contributed by atoms with Gasteiger partial charge in [-0.2, -0.15) is 0 Å². The van der Waals surface area contributed by atoms with Crippen molar-refractivity contribution in [2.75, 3.05) is 6.54 Å². The molecule has 1 aromatic rings. The highest BCUT2D eigenvalue weighted by Crippen LogP contribution is 2.25. The van der Waals surface area contributed by atoms with Gasteiger partial charge in [0.25, 0.3) is 0 Å².